The molecule has 0 bridgehead atoms. The fourth-order valence-electron chi connectivity index (χ4n) is 1.63. The van der Waals surface area contributed by atoms with Gasteiger partial charge >= 0.3 is 5.97 Å². The van der Waals surface area contributed by atoms with Crippen molar-refractivity contribution in [3.05, 3.63) is 0 Å². The van der Waals surface area contributed by atoms with Gasteiger partial charge in [-0.2, -0.15) is 0 Å². The minimum atomic E-state index is -0.751. The Kier molecular flexibility index (Phi) is 8.40. The molecule has 0 fully saturated rings. The van der Waals surface area contributed by atoms with Crippen LogP contribution in [0.1, 0.15) is 39.5 Å². The van der Waals surface area contributed by atoms with Crippen molar-refractivity contribution in [2.24, 2.45) is 0 Å². The maximum Gasteiger partial charge on any atom is 0.303 e. The lowest BCUT2D eigenvalue weighted by molar-refractivity contribution is -0.137. The molecule has 0 aliphatic rings. The number of carbonyl (C=O) groups is 2. The predicted molar refractivity (Wildman–Crippen MR) is 66.9 cm³/mol. The molecule has 0 saturated carbocycles. The lowest BCUT2D eigenvalue weighted by Crippen LogP contribution is -2.33. The minimum Gasteiger partial charge on any atom is -0.481 e. The summed E-state index contributed by atoms with van der Waals surface area (Å²) >= 11 is 0. The van der Waals surface area contributed by atoms with Crippen LogP contribution in [0.15, 0.2) is 0 Å². The van der Waals surface area contributed by atoms with Gasteiger partial charge in [-0.1, -0.05) is 0 Å². The maximum absolute atomic E-state index is 11.1. The van der Waals surface area contributed by atoms with Crippen molar-refractivity contribution < 1.29 is 14.7 Å². The van der Waals surface area contributed by atoms with Crippen molar-refractivity contribution in [1.29, 1.82) is 0 Å². The van der Waals surface area contributed by atoms with Crippen LogP contribution in [-0.2, 0) is 9.59 Å². The molecule has 0 aromatic carbocycles. The quantitative estimate of drug-likeness (QED) is 0.637. The summed E-state index contributed by atoms with van der Waals surface area (Å²) in [6.07, 6.45) is 2.20. The number of nitrogens with zero attached hydrogens (tertiary/aromatic N) is 1. The van der Waals surface area contributed by atoms with Crippen LogP contribution < -0.4 is 5.32 Å². The van der Waals surface area contributed by atoms with Crippen LogP contribution in [-0.4, -0.2) is 48.1 Å². The number of carbonyl (C=O) groups excluding carboxylic acids is 1. The Morgan fingerprint density at radius 1 is 1.18 bits per heavy atom. The third-order valence-corrected chi connectivity index (χ3v) is 2.69. The highest BCUT2D eigenvalue weighted by atomic mass is 16.4. The molecule has 0 spiro atoms. The number of carboxylic acid groups (broad SMARTS) is 1. The lowest BCUT2D eigenvalue weighted by Gasteiger charge is -2.26. The van der Waals surface area contributed by atoms with Crippen molar-refractivity contribution in [1.82, 2.24) is 10.2 Å². The first-order valence-corrected chi connectivity index (χ1v) is 6.13. The van der Waals surface area contributed by atoms with Gasteiger partial charge in [-0.25, -0.2) is 0 Å². The Balaban J connectivity index is 3.82. The molecule has 0 aromatic heterocycles. The van der Waals surface area contributed by atoms with Gasteiger partial charge in [0.25, 0.3) is 0 Å². The Hall–Kier alpha value is -1.10. The van der Waals surface area contributed by atoms with Crippen molar-refractivity contribution in [3.8, 4) is 0 Å². The average molecular weight is 244 g/mol. The smallest absolute Gasteiger partial charge is 0.303 e. The first kappa shape index (κ1) is 15.9. The molecule has 100 valence electrons. The molecular weight excluding hydrogens is 220 g/mol. The van der Waals surface area contributed by atoms with E-state index in [1.807, 2.05) is 0 Å². The van der Waals surface area contributed by atoms with Gasteiger partial charge in [0.2, 0.25) is 5.91 Å². The number of carboxylic acids is 1. The highest BCUT2D eigenvalue weighted by Crippen LogP contribution is 2.04. The third-order valence-electron chi connectivity index (χ3n) is 2.69. The molecule has 5 heteroatoms. The van der Waals surface area contributed by atoms with E-state index >= 15 is 0 Å². The molecule has 0 aromatic rings. The Bertz CT molecular complexity index is 242. The monoisotopic (exact) mass is 244 g/mol. The molecule has 1 amide bonds. The predicted octanol–water partition coefficient (Wildman–Crippen LogP) is 1.09. The lowest BCUT2D eigenvalue weighted by atomic mass is 10.2. The molecule has 2 N–H and O–H groups in total. The van der Waals surface area contributed by atoms with Crippen LogP contribution in [0.25, 0.3) is 0 Å². The van der Waals surface area contributed by atoms with E-state index in [4.69, 9.17) is 5.11 Å². The molecule has 0 rings (SSSR count). The van der Waals surface area contributed by atoms with Gasteiger partial charge in [-0.3, -0.25) is 9.59 Å². The van der Waals surface area contributed by atoms with E-state index in [-0.39, 0.29) is 12.3 Å². The summed E-state index contributed by atoms with van der Waals surface area (Å²) < 4.78 is 0. The van der Waals surface area contributed by atoms with E-state index in [0.717, 1.165) is 19.5 Å². The van der Waals surface area contributed by atoms with Crippen molar-refractivity contribution >= 4 is 11.9 Å². The van der Waals surface area contributed by atoms with E-state index in [9.17, 15) is 9.59 Å². The molecule has 0 radical (unpaired) electrons. The first-order chi connectivity index (χ1) is 7.97. The average Bonchev–Trinajstić information content (AvgIpc) is 2.25. The maximum atomic E-state index is 11.1. The summed E-state index contributed by atoms with van der Waals surface area (Å²) in [5.41, 5.74) is 0. The Morgan fingerprint density at radius 3 is 2.12 bits per heavy atom. The second-order valence-corrected chi connectivity index (χ2v) is 4.40. The fourth-order valence-corrected chi connectivity index (χ4v) is 1.63. The van der Waals surface area contributed by atoms with E-state index in [0.29, 0.717) is 18.9 Å². The standard InChI is InChI=1S/C12H24N2O3/c1-10(2)14(9-5-7-12(16)17)8-4-6-11(15)13-3/h10H,4-9H2,1-3H3,(H,13,15)(H,16,17). The minimum absolute atomic E-state index is 0.0549. The van der Waals surface area contributed by atoms with E-state index in [1.54, 1.807) is 7.05 Å². The van der Waals surface area contributed by atoms with Crippen molar-refractivity contribution in [3.63, 3.8) is 0 Å². The first-order valence-electron chi connectivity index (χ1n) is 6.13. The number of aliphatic carboxylic acids is 1. The molecule has 0 aliphatic carbocycles. The van der Waals surface area contributed by atoms with Gasteiger partial charge in [-0.15, -0.1) is 0 Å². The number of amides is 1. The van der Waals surface area contributed by atoms with Gasteiger partial charge in [0, 0.05) is 25.9 Å². The number of nitrogens with one attached hydrogen (secondary N) is 1. The molecule has 0 atom stereocenters. The number of hydrogen-bond acceptors (Lipinski definition) is 3. The summed E-state index contributed by atoms with van der Waals surface area (Å²) in [5.74, 6) is -0.696. The molecule has 0 heterocycles. The summed E-state index contributed by atoms with van der Waals surface area (Å²) in [5, 5.41) is 11.2. The van der Waals surface area contributed by atoms with Crippen molar-refractivity contribution in [2.45, 2.75) is 45.6 Å². The fraction of sp³-hybridized carbons (Fsp3) is 0.833. The van der Waals surface area contributed by atoms with Crippen LogP contribution in [0, 0.1) is 0 Å². The van der Waals surface area contributed by atoms with Gasteiger partial charge in [-0.05, 0) is 39.8 Å². The zero-order valence-corrected chi connectivity index (χ0v) is 11.0. The van der Waals surface area contributed by atoms with Gasteiger partial charge in [0.05, 0.1) is 0 Å². The second kappa shape index (κ2) is 8.98. The van der Waals surface area contributed by atoms with Crippen LogP contribution in [0.2, 0.25) is 0 Å². The van der Waals surface area contributed by atoms with Gasteiger partial charge in [0.15, 0.2) is 0 Å². The second-order valence-electron chi connectivity index (χ2n) is 4.40. The third kappa shape index (κ3) is 8.68. The molecule has 0 unspecified atom stereocenters. The van der Waals surface area contributed by atoms with Gasteiger partial charge in [0.1, 0.15) is 0 Å². The van der Waals surface area contributed by atoms with Crippen LogP contribution >= 0.6 is 0 Å². The summed E-state index contributed by atoms with van der Waals surface area (Å²) in [7, 11) is 1.63. The molecular formula is C12H24N2O3. The van der Waals surface area contributed by atoms with Crippen molar-refractivity contribution in [2.75, 3.05) is 20.1 Å². The van der Waals surface area contributed by atoms with Crippen LogP contribution in [0.3, 0.4) is 0 Å². The molecule has 5 nitrogen and oxygen atoms in total. The number of hydrogen-bond donors (Lipinski definition) is 2. The van der Waals surface area contributed by atoms with E-state index < -0.39 is 5.97 Å². The zero-order valence-electron chi connectivity index (χ0n) is 11.0. The van der Waals surface area contributed by atoms with Crippen LogP contribution in [0.5, 0.6) is 0 Å². The normalized spacial score (nSPS) is 10.9. The van der Waals surface area contributed by atoms with E-state index in [2.05, 4.69) is 24.1 Å². The Morgan fingerprint density at radius 2 is 1.71 bits per heavy atom. The molecule has 0 saturated heterocycles. The SMILES string of the molecule is CNC(=O)CCCN(CCCC(=O)O)C(C)C. The number of rotatable bonds is 9. The molecule has 0 aliphatic heterocycles. The summed E-state index contributed by atoms with van der Waals surface area (Å²) in [6, 6.07) is 0.383. The topological polar surface area (TPSA) is 69.6 Å². The summed E-state index contributed by atoms with van der Waals surface area (Å²) in [4.78, 5) is 23.7. The highest BCUT2D eigenvalue weighted by molar-refractivity contribution is 5.75. The largest absolute Gasteiger partial charge is 0.481 e. The summed E-state index contributed by atoms with van der Waals surface area (Å²) in [6.45, 7) is 5.78. The highest BCUT2D eigenvalue weighted by Gasteiger charge is 2.10. The van der Waals surface area contributed by atoms with Crippen LogP contribution in [0.4, 0.5) is 0 Å². The Labute approximate surface area is 103 Å². The van der Waals surface area contributed by atoms with Gasteiger partial charge < -0.3 is 15.3 Å². The van der Waals surface area contributed by atoms with E-state index in [1.165, 1.54) is 0 Å². The zero-order chi connectivity index (χ0) is 13.3. The molecule has 17 heavy (non-hydrogen) atoms.